The van der Waals surface area contributed by atoms with Crippen LogP contribution >= 0.6 is 0 Å². The van der Waals surface area contributed by atoms with Crippen molar-refractivity contribution in [1.82, 2.24) is 0 Å². The highest BCUT2D eigenvalue weighted by Crippen LogP contribution is 2.29. The summed E-state index contributed by atoms with van der Waals surface area (Å²) in [5, 5.41) is 0. The Balaban J connectivity index is 2.73. The number of benzene rings is 1. The highest BCUT2D eigenvalue weighted by molar-refractivity contribution is 5.29. The van der Waals surface area contributed by atoms with Crippen LogP contribution in [0.2, 0.25) is 0 Å². The zero-order valence-electron chi connectivity index (χ0n) is 10.8. The van der Waals surface area contributed by atoms with E-state index >= 15 is 0 Å². The predicted octanol–water partition coefficient (Wildman–Crippen LogP) is 5.27. The van der Waals surface area contributed by atoms with Gasteiger partial charge in [-0.1, -0.05) is 38.8 Å². The molecule has 4 heteroatoms. The van der Waals surface area contributed by atoms with E-state index in [2.05, 4.69) is 18.6 Å². The second-order valence-electron chi connectivity index (χ2n) is 4.39. The van der Waals surface area contributed by atoms with Gasteiger partial charge in [0, 0.05) is 0 Å². The van der Waals surface area contributed by atoms with Gasteiger partial charge in [0.1, 0.15) is 5.75 Å². The van der Waals surface area contributed by atoms with Crippen LogP contribution in [-0.2, 0) is 0 Å². The van der Waals surface area contributed by atoms with Crippen LogP contribution in [0.1, 0.15) is 51.0 Å². The first-order valence-corrected chi connectivity index (χ1v) is 6.32. The van der Waals surface area contributed by atoms with Gasteiger partial charge < -0.3 is 4.74 Å². The van der Waals surface area contributed by atoms with Crippen molar-refractivity contribution in [2.75, 3.05) is 0 Å². The second-order valence-corrected chi connectivity index (χ2v) is 4.39. The first-order valence-electron chi connectivity index (χ1n) is 6.32. The molecular formula is C14H19F3O. The molecule has 0 N–H and O–H groups in total. The molecule has 1 rings (SSSR count). The van der Waals surface area contributed by atoms with E-state index < -0.39 is 6.36 Å². The predicted molar refractivity (Wildman–Crippen MR) is 65.7 cm³/mol. The molecule has 0 bridgehead atoms. The summed E-state index contributed by atoms with van der Waals surface area (Å²) in [6.45, 7) is 4.23. The summed E-state index contributed by atoms with van der Waals surface area (Å²) in [7, 11) is 0. The van der Waals surface area contributed by atoms with Crippen LogP contribution in [0.3, 0.4) is 0 Å². The Kier molecular flexibility index (Phi) is 5.51. The van der Waals surface area contributed by atoms with Crippen LogP contribution in [0.4, 0.5) is 13.2 Å². The zero-order chi connectivity index (χ0) is 13.6. The van der Waals surface area contributed by atoms with Gasteiger partial charge in [-0.05, 0) is 36.5 Å². The van der Waals surface area contributed by atoms with E-state index in [0.29, 0.717) is 5.92 Å². The number of ether oxygens (including phenoxy) is 1. The molecule has 0 aliphatic carbocycles. The van der Waals surface area contributed by atoms with Gasteiger partial charge in [-0.3, -0.25) is 0 Å². The van der Waals surface area contributed by atoms with E-state index in [1.165, 1.54) is 12.1 Å². The van der Waals surface area contributed by atoms with Crippen LogP contribution in [0, 0.1) is 0 Å². The van der Waals surface area contributed by atoms with Crippen LogP contribution in [-0.4, -0.2) is 6.36 Å². The van der Waals surface area contributed by atoms with Gasteiger partial charge in [-0.15, -0.1) is 13.2 Å². The van der Waals surface area contributed by atoms with Gasteiger partial charge in [0.15, 0.2) is 0 Å². The van der Waals surface area contributed by atoms with Gasteiger partial charge in [-0.25, -0.2) is 0 Å². The molecule has 0 fully saturated rings. The van der Waals surface area contributed by atoms with Crippen LogP contribution in [0.15, 0.2) is 24.3 Å². The van der Waals surface area contributed by atoms with Crippen molar-refractivity contribution >= 4 is 0 Å². The van der Waals surface area contributed by atoms with Gasteiger partial charge >= 0.3 is 6.36 Å². The highest BCUT2D eigenvalue weighted by Gasteiger charge is 2.31. The number of halogens is 3. The topological polar surface area (TPSA) is 9.23 Å². The fraction of sp³-hybridized carbons (Fsp3) is 0.571. The Morgan fingerprint density at radius 2 is 1.50 bits per heavy atom. The van der Waals surface area contributed by atoms with E-state index in [1.54, 1.807) is 12.1 Å². The Bertz CT molecular complexity index is 337. The molecule has 102 valence electrons. The van der Waals surface area contributed by atoms with Crippen molar-refractivity contribution in [3.05, 3.63) is 29.8 Å². The molecule has 0 aromatic heterocycles. The second kappa shape index (κ2) is 6.66. The zero-order valence-corrected chi connectivity index (χ0v) is 10.8. The van der Waals surface area contributed by atoms with Crippen molar-refractivity contribution in [2.45, 2.75) is 51.8 Å². The number of alkyl halides is 3. The number of hydrogen-bond donors (Lipinski definition) is 0. The minimum absolute atomic E-state index is 0.155. The molecule has 1 aromatic carbocycles. The van der Waals surface area contributed by atoms with Crippen molar-refractivity contribution in [3.63, 3.8) is 0 Å². The fourth-order valence-electron chi connectivity index (χ4n) is 2.12. The van der Waals surface area contributed by atoms with E-state index in [0.717, 1.165) is 31.2 Å². The molecule has 0 atom stereocenters. The summed E-state index contributed by atoms with van der Waals surface area (Å²) < 4.78 is 39.9. The summed E-state index contributed by atoms with van der Waals surface area (Å²) in [6.07, 6.45) is -0.342. The van der Waals surface area contributed by atoms with Gasteiger partial charge in [0.05, 0.1) is 0 Å². The average molecular weight is 260 g/mol. The third kappa shape index (κ3) is 4.98. The summed E-state index contributed by atoms with van der Waals surface area (Å²) in [4.78, 5) is 0. The summed E-state index contributed by atoms with van der Waals surface area (Å²) >= 11 is 0. The lowest BCUT2D eigenvalue weighted by Crippen LogP contribution is -2.17. The van der Waals surface area contributed by atoms with Crippen molar-refractivity contribution in [2.24, 2.45) is 0 Å². The van der Waals surface area contributed by atoms with E-state index in [-0.39, 0.29) is 5.75 Å². The first-order chi connectivity index (χ1) is 8.46. The SMILES string of the molecule is CCCC(CCC)c1ccc(OC(F)(F)F)cc1. The lowest BCUT2D eigenvalue weighted by molar-refractivity contribution is -0.274. The summed E-state index contributed by atoms with van der Waals surface area (Å²) in [5.41, 5.74) is 1.09. The molecule has 0 radical (unpaired) electrons. The third-order valence-electron chi connectivity index (χ3n) is 2.86. The minimum atomic E-state index is -4.62. The van der Waals surface area contributed by atoms with Gasteiger partial charge in [-0.2, -0.15) is 0 Å². The minimum Gasteiger partial charge on any atom is -0.406 e. The van der Waals surface area contributed by atoms with Gasteiger partial charge in [0.2, 0.25) is 0 Å². The van der Waals surface area contributed by atoms with E-state index in [1.807, 2.05) is 0 Å². The Labute approximate surface area is 106 Å². The van der Waals surface area contributed by atoms with Gasteiger partial charge in [0.25, 0.3) is 0 Å². The summed E-state index contributed by atoms with van der Waals surface area (Å²) in [5.74, 6) is 0.276. The molecule has 0 spiro atoms. The normalized spacial score (nSPS) is 11.9. The molecule has 18 heavy (non-hydrogen) atoms. The maximum Gasteiger partial charge on any atom is 0.573 e. The lowest BCUT2D eigenvalue weighted by Gasteiger charge is -2.16. The summed E-state index contributed by atoms with van der Waals surface area (Å²) in [6, 6.07) is 6.25. The largest absolute Gasteiger partial charge is 0.573 e. The Hall–Kier alpha value is -1.19. The van der Waals surface area contributed by atoms with E-state index in [9.17, 15) is 13.2 Å². The average Bonchev–Trinajstić information content (AvgIpc) is 2.28. The fourth-order valence-corrected chi connectivity index (χ4v) is 2.12. The lowest BCUT2D eigenvalue weighted by atomic mass is 9.90. The molecule has 0 saturated carbocycles. The highest BCUT2D eigenvalue weighted by atomic mass is 19.4. The van der Waals surface area contributed by atoms with Crippen molar-refractivity contribution in [1.29, 1.82) is 0 Å². The first kappa shape index (κ1) is 14.9. The Morgan fingerprint density at radius 3 is 1.89 bits per heavy atom. The van der Waals surface area contributed by atoms with Crippen molar-refractivity contribution < 1.29 is 17.9 Å². The van der Waals surface area contributed by atoms with Crippen LogP contribution in [0.5, 0.6) is 5.75 Å². The van der Waals surface area contributed by atoms with Crippen molar-refractivity contribution in [3.8, 4) is 5.75 Å². The molecule has 0 aliphatic rings. The molecule has 0 aliphatic heterocycles. The Morgan fingerprint density at radius 1 is 1.00 bits per heavy atom. The maximum atomic E-state index is 12.0. The van der Waals surface area contributed by atoms with Crippen LogP contribution in [0.25, 0.3) is 0 Å². The molecule has 0 heterocycles. The monoisotopic (exact) mass is 260 g/mol. The molecule has 0 amide bonds. The molecule has 1 nitrogen and oxygen atoms in total. The standard InChI is InChI=1S/C14H19F3O/c1-3-5-11(6-4-2)12-7-9-13(10-8-12)18-14(15,16)17/h7-11H,3-6H2,1-2H3. The van der Waals surface area contributed by atoms with Crippen LogP contribution < -0.4 is 4.74 Å². The number of rotatable bonds is 6. The molecular weight excluding hydrogens is 241 g/mol. The third-order valence-corrected chi connectivity index (χ3v) is 2.86. The quantitative estimate of drug-likeness (QED) is 0.677. The van der Waals surface area contributed by atoms with E-state index in [4.69, 9.17) is 0 Å². The maximum absolute atomic E-state index is 12.0. The number of hydrogen-bond acceptors (Lipinski definition) is 1. The molecule has 1 aromatic rings. The smallest absolute Gasteiger partial charge is 0.406 e. The molecule has 0 unspecified atom stereocenters. The molecule has 0 saturated heterocycles.